The van der Waals surface area contributed by atoms with E-state index in [4.69, 9.17) is 0 Å². The molecule has 2 unspecified atom stereocenters. The fraction of sp³-hybridized carbons (Fsp3) is 0.900. The highest BCUT2D eigenvalue weighted by molar-refractivity contribution is 5.81. The minimum Gasteiger partial charge on any atom is -0.481 e. The summed E-state index contributed by atoms with van der Waals surface area (Å²) < 4.78 is 0. The number of rotatable bonds is 2. The van der Waals surface area contributed by atoms with Crippen molar-refractivity contribution in [3.8, 4) is 0 Å². The first-order chi connectivity index (χ1) is 16.2. The molecule has 5 heteroatoms. The molecule has 0 radical (unpaired) electrons. The summed E-state index contributed by atoms with van der Waals surface area (Å²) in [6.45, 7) is 13.2. The Morgan fingerprint density at radius 1 is 1.03 bits per heavy atom. The van der Waals surface area contributed by atoms with E-state index < -0.39 is 34.4 Å². The highest BCUT2D eigenvalue weighted by atomic mass is 16.4. The Bertz CT molecular complexity index is 930. The van der Waals surface area contributed by atoms with Crippen LogP contribution in [0.15, 0.2) is 11.6 Å². The van der Waals surface area contributed by atoms with Gasteiger partial charge in [0.25, 0.3) is 0 Å². The van der Waals surface area contributed by atoms with Crippen LogP contribution in [0.5, 0.6) is 0 Å². The summed E-state index contributed by atoms with van der Waals surface area (Å²) in [4.78, 5) is 13.5. The molecule has 4 fully saturated rings. The zero-order valence-corrected chi connectivity index (χ0v) is 22.7. The molecule has 5 rings (SSSR count). The molecular formula is C30H48O5. The summed E-state index contributed by atoms with van der Waals surface area (Å²) in [6.07, 6.45) is 7.42. The van der Waals surface area contributed by atoms with Crippen molar-refractivity contribution in [1.29, 1.82) is 0 Å². The molecule has 12 atom stereocenters. The Balaban J connectivity index is 1.69. The first kappa shape index (κ1) is 25.7. The lowest BCUT2D eigenvalue weighted by Crippen LogP contribution is -2.70. The number of aliphatic carboxylic acids is 1. The number of allylic oxidation sites excluding steroid dienone is 1. The van der Waals surface area contributed by atoms with E-state index in [0.717, 1.165) is 31.3 Å². The second-order valence-electron chi connectivity index (χ2n) is 14.6. The highest BCUT2D eigenvalue weighted by Gasteiger charge is 2.73. The maximum Gasteiger partial charge on any atom is 0.314 e. The summed E-state index contributed by atoms with van der Waals surface area (Å²) in [5.74, 6) is 0.407. The van der Waals surface area contributed by atoms with Gasteiger partial charge in [-0.25, -0.2) is 0 Å². The van der Waals surface area contributed by atoms with Crippen LogP contribution in [0.2, 0.25) is 0 Å². The normalized spacial score (nSPS) is 57.7. The molecule has 35 heavy (non-hydrogen) atoms. The van der Waals surface area contributed by atoms with Crippen molar-refractivity contribution in [1.82, 2.24) is 0 Å². The topological polar surface area (TPSA) is 98.0 Å². The minimum atomic E-state index is -0.966. The van der Waals surface area contributed by atoms with Crippen molar-refractivity contribution in [3.05, 3.63) is 11.6 Å². The number of fused-ring (bicyclic) bond motifs is 7. The van der Waals surface area contributed by atoms with E-state index >= 15 is 0 Å². The number of hydrogen-bond acceptors (Lipinski definition) is 4. The van der Waals surface area contributed by atoms with Gasteiger partial charge in [0.2, 0.25) is 0 Å². The maximum absolute atomic E-state index is 13.5. The second kappa shape index (κ2) is 7.80. The van der Waals surface area contributed by atoms with Gasteiger partial charge in [-0.2, -0.15) is 0 Å². The van der Waals surface area contributed by atoms with Crippen LogP contribution < -0.4 is 0 Å². The average Bonchev–Trinajstić information content (AvgIpc) is 2.78. The third-order valence-corrected chi connectivity index (χ3v) is 13.2. The van der Waals surface area contributed by atoms with Gasteiger partial charge in [0.1, 0.15) is 0 Å². The van der Waals surface area contributed by atoms with Crippen LogP contribution in [-0.2, 0) is 4.79 Å². The lowest BCUT2D eigenvalue weighted by Gasteiger charge is -2.71. The van der Waals surface area contributed by atoms with Crippen molar-refractivity contribution in [2.24, 2.45) is 56.7 Å². The van der Waals surface area contributed by atoms with Crippen LogP contribution in [0, 0.1) is 56.7 Å². The number of hydrogen-bond donors (Lipinski definition) is 4. The molecule has 5 nitrogen and oxygen atoms in total. The van der Waals surface area contributed by atoms with E-state index in [0.29, 0.717) is 31.1 Å². The zero-order chi connectivity index (χ0) is 25.8. The molecule has 0 saturated heterocycles. The summed E-state index contributed by atoms with van der Waals surface area (Å²) in [6, 6.07) is 0. The summed E-state index contributed by atoms with van der Waals surface area (Å²) in [5.41, 5.74) is -1.37. The van der Waals surface area contributed by atoms with Gasteiger partial charge < -0.3 is 20.4 Å². The van der Waals surface area contributed by atoms with Crippen LogP contribution in [0.25, 0.3) is 0 Å². The standard InChI is InChI=1S/C30H48O5/c1-17-9-11-26(3)13-14-30(25(34)35)19(23(26)18(17)2)7-8-21-27(4)12-10-22(33)28(5,16-31)24(27)20(32)15-29(21,30)6/h7,17-18,20-24,31-33H,8-16H2,1-6H3,(H,34,35)/t17-,18+,20-,21-,22+,23+,24?,26-,27-,28?,29-,30-/m1/s1. The molecule has 0 aliphatic heterocycles. The van der Waals surface area contributed by atoms with Crippen LogP contribution in [-0.4, -0.2) is 45.2 Å². The van der Waals surface area contributed by atoms with Crippen LogP contribution in [0.1, 0.15) is 92.9 Å². The highest BCUT2D eigenvalue weighted by Crippen LogP contribution is 2.75. The van der Waals surface area contributed by atoms with Gasteiger partial charge in [-0.1, -0.05) is 53.2 Å². The van der Waals surface area contributed by atoms with Crippen molar-refractivity contribution < 1.29 is 25.2 Å². The van der Waals surface area contributed by atoms with Crippen molar-refractivity contribution in [2.75, 3.05) is 6.61 Å². The number of carbonyl (C=O) groups is 1. The molecule has 0 bridgehead atoms. The summed E-state index contributed by atoms with van der Waals surface area (Å²) in [5, 5.41) is 44.2. The first-order valence-electron chi connectivity index (χ1n) is 14.1. The van der Waals surface area contributed by atoms with Crippen molar-refractivity contribution in [3.63, 3.8) is 0 Å². The third kappa shape index (κ3) is 2.95. The van der Waals surface area contributed by atoms with Gasteiger partial charge in [0.15, 0.2) is 0 Å². The molecule has 0 aromatic carbocycles. The van der Waals surface area contributed by atoms with E-state index in [1.54, 1.807) is 0 Å². The molecule has 4 N–H and O–H groups in total. The molecule has 4 saturated carbocycles. The van der Waals surface area contributed by atoms with Crippen LogP contribution in [0.4, 0.5) is 0 Å². The van der Waals surface area contributed by atoms with Gasteiger partial charge in [-0.15, -0.1) is 0 Å². The van der Waals surface area contributed by atoms with E-state index in [9.17, 15) is 25.2 Å². The third-order valence-electron chi connectivity index (χ3n) is 13.2. The van der Waals surface area contributed by atoms with Gasteiger partial charge in [0.05, 0.1) is 24.2 Å². The largest absolute Gasteiger partial charge is 0.481 e. The molecule has 0 heterocycles. The first-order valence-corrected chi connectivity index (χ1v) is 14.1. The minimum absolute atomic E-state index is 0.0855. The Morgan fingerprint density at radius 3 is 2.34 bits per heavy atom. The monoisotopic (exact) mass is 488 g/mol. The second-order valence-corrected chi connectivity index (χ2v) is 14.6. The van der Waals surface area contributed by atoms with Gasteiger partial charge in [-0.05, 0) is 91.3 Å². The lowest BCUT2D eigenvalue weighted by molar-refractivity contribution is -0.254. The van der Waals surface area contributed by atoms with E-state index in [1.807, 2.05) is 6.92 Å². The maximum atomic E-state index is 13.5. The smallest absolute Gasteiger partial charge is 0.314 e. The fourth-order valence-corrected chi connectivity index (χ4v) is 11.2. The molecule has 5 aliphatic carbocycles. The quantitative estimate of drug-likeness (QED) is 0.409. The summed E-state index contributed by atoms with van der Waals surface area (Å²) in [7, 11) is 0. The molecule has 5 aliphatic rings. The van der Waals surface area contributed by atoms with E-state index in [-0.39, 0.29) is 35.2 Å². The fourth-order valence-electron chi connectivity index (χ4n) is 11.2. The predicted molar refractivity (Wildman–Crippen MR) is 135 cm³/mol. The Kier molecular flexibility index (Phi) is 5.73. The number of carboxylic acids is 1. The number of aliphatic hydroxyl groups excluding tert-OH is 3. The van der Waals surface area contributed by atoms with Crippen LogP contribution >= 0.6 is 0 Å². The van der Waals surface area contributed by atoms with Gasteiger partial charge >= 0.3 is 5.97 Å². The average molecular weight is 489 g/mol. The summed E-state index contributed by atoms with van der Waals surface area (Å²) >= 11 is 0. The lowest BCUT2D eigenvalue weighted by atomic mass is 9.32. The number of carboxylic acid groups (broad SMARTS) is 1. The van der Waals surface area contributed by atoms with Gasteiger partial charge in [0, 0.05) is 11.3 Å². The van der Waals surface area contributed by atoms with Crippen molar-refractivity contribution in [2.45, 2.75) is 105 Å². The zero-order valence-electron chi connectivity index (χ0n) is 22.7. The van der Waals surface area contributed by atoms with Gasteiger partial charge in [-0.3, -0.25) is 4.79 Å². The molecule has 0 aromatic heterocycles. The Labute approximate surface area is 211 Å². The SMILES string of the molecule is C[C@H]1[C@H](C)CC[C@]2(C)CC[C@]3(C(=O)O)C(=CC[C@@H]4[C@@]5(C)CC[C@H](O)C(C)(CO)C5[C@H](O)C[C@]43C)[C@H]12. The van der Waals surface area contributed by atoms with E-state index in [2.05, 4.69) is 40.7 Å². The molecule has 0 spiro atoms. The van der Waals surface area contributed by atoms with Crippen LogP contribution in [0.3, 0.4) is 0 Å². The Hall–Kier alpha value is -0.910. The molecule has 0 aromatic rings. The predicted octanol–water partition coefficient (Wildman–Crippen LogP) is 5.03. The molecular weight excluding hydrogens is 440 g/mol. The molecule has 0 amide bonds. The Morgan fingerprint density at radius 2 is 1.71 bits per heavy atom. The van der Waals surface area contributed by atoms with Crippen molar-refractivity contribution >= 4 is 5.97 Å². The molecule has 198 valence electrons. The van der Waals surface area contributed by atoms with E-state index in [1.165, 1.54) is 6.42 Å². The number of aliphatic hydroxyl groups is 3.